The molecule has 15 heteroatoms. The summed E-state index contributed by atoms with van der Waals surface area (Å²) in [6, 6.07) is 3.35. The first-order valence-corrected chi connectivity index (χ1v) is 14.7. The van der Waals surface area contributed by atoms with Crippen molar-refractivity contribution in [3.8, 4) is 0 Å². The molecule has 2 rings (SSSR count). The number of aromatic amines is 1. The van der Waals surface area contributed by atoms with Crippen LogP contribution in [0.3, 0.4) is 0 Å². The van der Waals surface area contributed by atoms with Crippen LogP contribution in [0.25, 0.3) is 10.9 Å². The number of para-hydroxylation sites is 1. The molecule has 0 aliphatic carbocycles. The second kappa shape index (κ2) is 16.6. The van der Waals surface area contributed by atoms with Crippen LogP contribution in [0.5, 0.6) is 0 Å². The first-order valence-electron chi connectivity index (χ1n) is 12.7. The van der Waals surface area contributed by atoms with Crippen LogP contribution in [-0.2, 0) is 25.6 Å². The number of guanidine groups is 1. The van der Waals surface area contributed by atoms with Crippen LogP contribution >= 0.6 is 24.4 Å². The predicted octanol–water partition coefficient (Wildman–Crippen LogP) is -0.687. The number of amides is 3. The highest BCUT2D eigenvalue weighted by atomic mass is 32.2. The number of aromatic nitrogens is 1. The van der Waals surface area contributed by atoms with Crippen molar-refractivity contribution in [2.45, 2.75) is 49.9 Å². The third kappa shape index (κ3) is 10.3. The van der Waals surface area contributed by atoms with Crippen LogP contribution in [0.4, 0.5) is 0 Å². The molecule has 4 unspecified atom stereocenters. The predicted molar refractivity (Wildman–Crippen MR) is 160 cm³/mol. The summed E-state index contributed by atoms with van der Waals surface area (Å²) in [6.07, 6.45) is 4.50. The van der Waals surface area contributed by atoms with Gasteiger partial charge in [0.25, 0.3) is 0 Å². The Morgan fingerprint density at radius 3 is 2.33 bits per heavy atom. The number of hydrogen-bond donors (Lipinski definition) is 9. The number of thioether (sulfide) groups is 1. The van der Waals surface area contributed by atoms with Crippen LogP contribution in [0.2, 0.25) is 0 Å². The zero-order chi connectivity index (χ0) is 29.7. The van der Waals surface area contributed by atoms with Gasteiger partial charge in [-0.25, -0.2) is 4.79 Å². The van der Waals surface area contributed by atoms with E-state index in [9.17, 15) is 24.3 Å². The van der Waals surface area contributed by atoms with Gasteiger partial charge in [0.15, 0.2) is 5.96 Å². The van der Waals surface area contributed by atoms with Gasteiger partial charge in [0, 0.05) is 29.4 Å². The van der Waals surface area contributed by atoms with Crippen molar-refractivity contribution in [1.82, 2.24) is 20.9 Å². The highest BCUT2D eigenvalue weighted by Crippen LogP contribution is 2.18. The molecule has 13 nitrogen and oxygen atoms in total. The molecule has 1 aromatic carbocycles. The lowest BCUT2D eigenvalue weighted by molar-refractivity contribution is -0.142. The lowest BCUT2D eigenvalue weighted by atomic mass is 10.0. The molecule has 0 aliphatic heterocycles. The number of aliphatic carboxylic acids is 1. The van der Waals surface area contributed by atoms with Crippen molar-refractivity contribution in [3.63, 3.8) is 0 Å². The van der Waals surface area contributed by atoms with Crippen molar-refractivity contribution < 1.29 is 24.3 Å². The smallest absolute Gasteiger partial charge is 0.326 e. The summed E-state index contributed by atoms with van der Waals surface area (Å²) in [6.45, 7) is 0.201. The van der Waals surface area contributed by atoms with E-state index in [4.69, 9.17) is 17.2 Å². The Bertz CT molecular complexity index is 1190. The third-order valence-corrected chi connectivity index (χ3v) is 7.08. The molecule has 0 bridgehead atoms. The molecule has 4 atom stereocenters. The average molecular weight is 595 g/mol. The standard InChI is InChI=1S/C25H38N8O5S2/c1-40-10-8-19(24(37)38)32-22(35)18(7-4-9-29-25(27)28)31-23(36)20(13-39)33-21(34)16(26)11-14-12-30-17-6-3-2-5-15(14)17/h2-3,5-6,12,16,18-20,30,39H,4,7-11,13,26H2,1H3,(H,31,36)(H,32,35)(H,33,34)(H,37,38)(H4,27,28,29). The number of H-pyrrole nitrogens is 1. The molecule has 0 saturated carbocycles. The molecule has 1 heterocycles. The van der Waals surface area contributed by atoms with Gasteiger partial charge in [-0.1, -0.05) is 18.2 Å². The van der Waals surface area contributed by atoms with Gasteiger partial charge in [0.1, 0.15) is 18.1 Å². The van der Waals surface area contributed by atoms with Gasteiger partial charge in [-0.2, -0.15) is 24.4 Å². The molecule has 11 N–H and O–H groups in total. The molecular weight excluding hydrogens is 556 g/mol. The molecule has 3 amide bonds. The maximum absolute atomic E-state index is 13.1. The first kappa shape index (κ1) is 32.8. The molecule has 220 valence electrons. The Hall–Kier alpha value is -3.43. The topological polar surface area (TPSA) is 231 Å². The van der Waals surface area contributed by atoms with Gasteiger partial charge in [0.2, 0.25) is 17.7 Å². The Labute approximate surface area is 242 Å². The Kier molecular flexibility index (Phi) is 13.6. The molecule has 0 radical (unpaired) electrons. The Morgan fingerprint density at radius 1 is 1.02 bits per heavy atom. The number of benzene rings is 1. The van der Waals surface area contributed by atoms with Crippen molar-refractivity contribution in [2.24, 2.45) is 22.2 Å². The fourth-order valence-electron chi connectivity index (χ4n) is 3.91. The van der Waals surface area contributed by atoms with E-state index in [-0.39, 0.29) is 37.5 Å². The summed E-state index contributed by atoms with van der Waals surface area (Å²) in [7, 11) is 0. The number of carbonyl (C=O) groups excluding carboxylic acids is 3. The molecule has 2 aromatic rings. The number of nitrogens with zero attached hydrogens (tertiary/aromatic N) is 1. The van der Waals surface area contributed by atoms with E-state index >= 15 is 0 Å². The number of aliphatic imine (C=N–C) groups is 1. The number of nitrogens with two attached hydrogens (primary N) is 3. The molecule has 0 fully saturated rings. The van der Waals surface area contributed by atoms with Gasteiger partial charge < -0.3 is 43.2 Å². The second-order valence-corrected chi connectivity index (χ2v) is 10.5. The number of hydrogen-bond acceptors (Lipinski definition) is 8. The van der Waals surface area contributed by atoms with E-state index in [1.807, 2.05) is 30.5 Å². The van der Waals surface area contributed by atoms with E-state index in [2.05, 4.69) is 38.6 Å². The maximum Gasteiger partial charge on any atom is 0.326 e. The Balaban J connectivity index is 2.06. The fraction of sp³-hybridized carbons (Fsp3) is 0.480. The lowest BCUT2D eigenvalue weighted by Gasteiger charge is -2.24. The average Bonchev–Trinajstić information content (AvgIpc) is 3.33. The monoisotopic (exact) mass is 594 g/mol. The lowest BCUT2D eigenvalue weighted by Crippen LogP contribution is -2.57. The van der Waals surface area contributed by atoms with Gasteiger partial charge in [-0.3, -0.25) is 19.4 Å². The number of nitrogens with one attached hydrogen (secondary N) is 4. The summed E-state index contributed by atoms with van der Waals surface area (Å²) in [4.78, 5) is 57.6. The van der Waals surface area contributed by atoms with Crippen LogP contribution in [0, 0.1) is 0 Å². The summed E-state index contributed by atoms with van der Waals surface area (Å²) in [5.41, 5.74) is 18.6. The normalized spacial score (nSPS) is 14.0. The van der Waals surface area contributed by atoms with Crippen molar-refractivity contribution in [1.29, 1.82) is 0 Å². The number of thiol groups is 1. The number of rotatable bonds is 17. The molecule has 0 aliphatic rings. The van der Waals surface area contributed by atoms with Crippen LogP contribution in [0.15, 0.2) is 35.5 Å². The van der Waals surface area contributed by atoms with E-state index in [1.165, 1.54) is 11.8 Å². The second-order valence-electron chi connectivity index (χ2n) is 9.10. The van der Waals surface area contributed by atoms with Crippen molar-refractivity contribution >= 4 is 64.9 Å². The van der Waals surface area contributed by atoms with Crippen LogP contribution < -0.4 is 33.2 Å². The van der Waals surface area contributed by atoms with Crippen LogP contribution in [0.1, 0.15) is 24.8 Å². The van der Waals surface area contributed by atoms with E-state index in [0.29, 0.717) is 12.2 Å². The summed E-state index contributed by atoms with van der Waals surface area (Å²) in [5.74, 6) is -2.74. The Morgan fingerprint density at radius 2 is 1.68 bits per heavy atom. The largest absolute Gasteiger partial charge is 0.480 e. The summed E-state index contributed by atoms with van der Waals surface area (Å²) < 4.78 is 0. The maximum atomic E-state index is 13.1. The first-order chi connectivity index (χ1) is 19.1. The fourth-order valence-corrected chi connectivity index (χ4v) is 4.64. The van der Waals surface area contributed by atoms with Gasteiger partial charge in [-0.05, 0) is 49.3 Å². The molecule has 0 saturated heterocycles. The molecule has 0 spiro atoms. The summed E-state index contributed by atoms with van der Waals surface area (Å²) in [5, 5.41) is 18.1. The highest BCUT2D eigenvalue weighted by molar-refractivity contribution is 7.98. The number of carboxylic acids is 1. The minimum absolute atomic E-state index is 0.0643. The number of carbonyl (C=O) groups is 4. The van der Waals surface area contributed by atoms with Gasteiger partial charge in [0.05, 0.1) is 6.04 Å². The minimum Gasteiger partial charge on any atom is -0.480 e. The highest BCUT2D eigenvalue weighted by Gasteiger charge is 2.29. The van der Waals surface area contributed by atoms with Crippen molar-refractivity contribution in [2.75, 3.05) is 24.3 Å². The zero-order valence-electron chi connectivity index (χ0n) is 22.3. The zero-order valence-corrected chi connectivity index (χ0v) is 24.0. The number of fused-ring (bicyclic) bond motifs is 1. The minimum atomic E-state index is -1.18. The SMILES string of the molecule is CSCCC(NC(=O)C(CCCN=C(N)N)NC(=O)C(CS)NC(=O)C(N)Cc1c[nH]c2ccccc12)C(=O)O. The van der Waals surface area contributed by atoms with Crippen molar-refractivity contribution in [3.05, 3.63) is 36.0 Å². The van der Waals surface area contributed by atoms with E-state index in [0.717, 1.165) is 16.5 Å². The molecule has 1 aromatic heterocycles. The number of carboxylic acid groups (broad SMARTS) is 1. The van der Waals surface area contributed by atoms with Gasteiger partial charge in [-0.15, -0.1) is 0 Å². The molecule has 40 heavy (non-hydrogen) atoms. The van der Waals surface area contributed by atoms with E-state index in [1.54, 1.807) is 6.20 Å². The van der Waals surface area contributed by atoms with Gasteiger partial charge >= 0.3 is 5.97 Å². The third-order valence-electron chi connectivity index (χ3n) is 6.07. The van der Waals surface area contributed by atoms with Crippen LogP contribution in [-0.4, -0.2) is 88.2 Å². The molecular formula is C25H38N8O5S2. The summed E-state index contributed by atoms with van der Waals surface area (Å²) >= 11 is 5.64. The quantitative estimate of drug-likeness (QED) is 0.0488. The van der Waals surface area contributed by atoms with E-state index < -0.39 is 47.9 Å².